The summed E-state index contributed by atoms with van der Waals surface area (Å²) in [4.78, 5) is 24.0. The largest absolute Gasteiger partial charge is 0.478 e. The Kier molecular flexibility index (Phi) is 5.12. The van der Waals surface area contributed by atoms with Crippen molar-refractivity contribution in [2.75, 3.05) is 0 Å². The molecule has 3 rings (SSSR count). The number of hydrazine groups is 1. The molecular weight excluding hydrogens is 341 g/mol. The molecule has 0 fully saturated rings. The van der Waals surface area contributed by atoms with E-state index in [1.54, 1.807) is 24.3 Å². The molecule has 7 nitrogen and oxygen atoms in total. The van der Waals surface area contributed by atoms with E-state index in [2.05, 4.69) is 16.0 Å². The maximum atomic E-state index is 13.5. The molecule has 0 spiro atoms. The summed E-state index contributed by atoms with van der Waals surface area (Å²) in [6, 6.07) is 12.9. The maximum Gasteiger partial charge on any atom is 0.279 e. The molecule has 134 valence electrons. The third-order valence-corrected chi connectivity index (χ3v) is 3.61. The van der Waals surface area contributed by atoms with Gasteiger partial charge in [-0.15, -0.1) is 0 Å². The highest BCUT2D eigenvalue weighted by atomic mass is 19.1. The molecule has 0 bridgehead atoms. The summed E-state index contributed by atoms with van der Waals surface area (Å²) in [6.45, 7) is 1.44. The van der Waals surface area contributed by atoms with E-state index in [1.165, 1.54) is 25.1 Å². The van der Waals surface area contributed by atoms with Crippen LogP contribution in [0, 0.1) is 5.82 Å². The third-order valence-electron chi connectivity index (χ3n) is 3.61. The predicted molar refractivity (Wildman–Crippen MR) is 90.5 cm³/mol. The minimum absolute atomic E-state index is 0.0458. The van der Waals surface area contributed by atoms with Crippen LogP contribution < -0.4 is 15.6 Å². The Morgan fingerprint density at radius 2 is 1.88 bits per heavy atom. The fourth-order valence-electron chi connectivity index (χ4n) is 2.28. The van der Waals surface area contributed by atoms with Crippen molar-refractivity contribution in [3.05, 3.63) is 60.0 Å². The number of nitrogens with zero attached hydrogens (tertiary/aromatic N) is 1. The van der Waals surface area contributed by atoms with Gasteiger partial charge in [0.15, 0.2) is 23.3 Å². The summed E-state index contributed by atoms with van der Waals surface area (Å²) in [7, 11) is 0. The minimum Gasteiger partial charge on any atom is -0.478 e. The average molecular weight is 357 g/mol. The first-order valence-corrected chi connectivity index (χ1v) is 7.88. The summed E-state index contributed by atoms with van der Waals surface area (Å²) < 4.78 is 23.9. The molecule has 0 saturated heterocycles. The van der Waals surface area contributed by atoms with Crippen LogP contribution in [-0.4, -0.2) is 23.1 Å². The van der Waals surface area contributed by atoms with Gasteiger partial charge < -0.3 is 9.26 Å². The first-order chi connectivity index (χ1) is 12.5. The van der Waals surface area contributed by atoms with Crippen LogP contribution in [0.15, 0.2) is 53.1 Å². The summed E-state index contributed by atoms with van der Waals surface area (Å²) >= 11 is 0. The number of ether oxygens (including phenoxy) is 1. The summed E-state index contributed by atoms with van der Waals surface area (Å²) in [5, 5.41) is 4.58. The molecule has 1 aromatic heterocycles. The molecule has 8 heteroatoms. The smallest absolute Gasteiger partial charge is 0.279 e. The van der Waals surface area contributed by atoms with Crippen molar-refractivity contribution in [2.45, 2.75) is 19.4 Å². The molecule has 2 aromatic carbocycles. The molecule has 2 amide bonds. The van der Waals surface area contributed by atoms with Crippen LogP contribution >= 0.6 is 0 Å². The molecule has 2 N–H and O–H groups in total. The van der Waals surface area contributed by atoms with Gasteiger partial charge in [-0.1, -0.05) is 29.4 Å². The molecule has 0 aliphatic rings. The first-order valence-electron chi connectivity index (χ1n) is 7.88. The number of hydrogen-bond acceptors (Lipinski definition) is 5. The quantitative estimate of drug-likeness (QED) is 0.682. The van der Waals surface area contributed by atoms with Crippen molar-refractivity contribution in [3.63, 3.8) is 0 Å². The highest BCUT2D eigenvalue weighted by Crippen LogP contribution is 2.18. The van der Waals surface area contributed by atoms with E-state index in [9.17, 15) is 14.0 Å². The number of benzene rings is 2. The second-order valence-corrected chi connectivity index (χ2v) is 5.53. The van der Waals surface area contributed by atoms with E-state index in [1.807, 2.05) is 6.07 Å². The zero-order valence-corrected chi connectivity index (χ0v) is 13.9. The van der Waals surface area contributed by atoms with Gasteiger partial charge in [0.2, 0.25) is 5.91 Å². The van der Waals surface area contributed by atoms with Gasteiger partial charge in [-0.3, -0.25) is 20.4 Å². The standard InChI is InChI=1S/C18H16FN3O4/c1-11(25-16-9-5-3-7-13(16)19)18(24)21-20-17(23)10-14-12-6-2-4-8-15(12)26-22-14/h2-9,11H,10H2,1H3,(H,20,23)(H,21,24)/t11-/m1/s1. The maximum absolute atomic E-state index is 13.5. The number of fused-ring (bicyclic) bond motifs is 1. The van der Waals surface area contributed by atoms with Crippen molar-refractivity contribution in [1.29, 1.82) is 0 Å². The van der Waals surface area contributed by atoms with Gasteiger partial charge >= 0.3 is 0 Å². The van der Waals surface area contributed by atoms with Crippen LogP contribution in [0.3, 0.4) is 0 Å². The summed E-state index contributed by atoms with van der Waals surface area (Å²) in [5.74, 6) is -1.72. The van der Waals surface area contributed by atoms with Crippen LogP contribution in [0.1, 0.15) is 12.6 Å². The second-order valence-electron chi connectivity index (χ2n) is 5.53. The molecular formula is C18H16FN3O4. The van der Waals surface area contributed by atoms with Gasteiger partial charge in [0.25, 0.3) is 5.91 Å². The van der Waals surface area contributed by atoms with Gasteiger partial charge in [0.05, 0.1) is 6.42 Å². The van der Waals surface area contributed by atoms with Gasteiger partial charge in [0, 0.05) is 5.39 Å². The summed E-state index contributed by atoms with van der Waals surface area (Å²) in [6.07, 6.45) is -1.07. The van der Waals surface area contributed by atoms with Crippen molar-refractivity contribution in [3.8, 4) is 5.75 Å². The lowest BCUT2D eigenvalue weighted by Gasteiger charge is -2.15. The van der Waals surface area contributed by atoms with Gasteiger partial charge in [-0.2, -0.15) is 0 Å². The molecule has 3 aromatic rings. The lowest BCUT2D eigenvalue weighted by atomic mass is 10.2. The van der Waals surface area contributed by atoms with Crippen molar-refractivity contribution < 1.29 is 23.2 Å². The monoisotopic (exact) mass is 357 g/mol. The number of carbonyl (C=O) groups excluding carboxylic acids is 2. The lowest BCUT2D eigenvalue weighted by Crippen LogP contribution is -2.47. The highest BCUT2D eigenvalue weighted by molar-refractivity contribution is 5.88. The van der Waals surface area contributed by atoms with E-state index >= 15 is 0 Å². The van der Waals surface area contributed by atoms with E-state index in [0.717, 1.165) is 5.39 Å². The van der Waals surface area contributed by atoms with E-state index in [0.29, 0.717) is 11.3 Å². The SMILES string of the molecule is C[C@@H](Oc1ccccc1F)C(=O)NNC(=O)Cc1noc2ccccc12. The van der Waals surface area contributed by atoms with Gasteiger partial charge in [-0.25, -0.2) is 4.39 Å². The van der Waals surface area contributed by atoms with Gasteiger partial charge in [0.1, 0.15) is 5.69 Å². The number of halogens is 1. The number of amides is 2. The number of aromatic nitrogens is 1. The zero-order chi connectivity index (χ0) is 18.5. The van der Waals surface area contributed by atoms with E-state index in [4.69, 9.17) is 9.26 Å². The molecule has 0 radical (unpaired) electrons. The number of hydrogen-bond donors (Lipinski definition) is 2. The Labute approximate surface area is 148 Å². The number of nitrogens with one attached hydrogen (secondary N) is 2. The second kappa shape index (κ2) is 7.64. The van der Waals surface area contributed by atoms with E-state index < -0.39 is 23.7 Å². The molecule has 0 aliphatic carbocycles. The summed E-state index contributed by atoms with van der Waals surface area (Å²) in [5.41, 5.74) is 5.55. The fraction of sp³-hybridized carbons (Fsp3) is 0.167. The molecule has 26 heavy (non-hydrogen) atoms. The highest BCUT2D eigenvalue weighted by Gasteiger charge is 2.18. The minimum atomic E-state index is -1.000. The fourth-order valence-corrected chi connectivity index (χ4v) is 2.28. The average Bonchev–Trinajstić information content (AvgIpc) is 3.04. The third kappa shape index (κ3) is 3.97. The van der Waals surface area contributed by atoms with Crippen molar-refractivity contribution in [1.82, 2.24) is 16.0 Å². The molecule has 0 unspecified atom stereocenters. The van der Waals surface area contributed by atoms with Crippen LogP contribution in [0.2, 0.25) is 0 Å². The van der Waals surface area contributed by atoms with Gasteiger partial charge in [-0.05, 0) is 31.2 Å². The first kappa shape index (κ1) is 17.4. The lowest BCUT2D eigenvalue weighted by molar-refractivity contribution is -0.132. The number of carbonyl (C=O) groups is 2. The molecule has 0 aliphatic heterocycles. The Balaban J connectivity index is 1.52. The topological polar surface area (TPSA) is 93.5 Å². The number of para-hydroxylation sites is 2. The predicted octanol–water partition coefficient (Wildman–Crippen LogP) is 2.12. The van der Waals surface area contributed by atoms with Crippen LogP contribution in [-0.2, 0) is 16.0 Å². The Bertz CT molecular complexity index is 941. The van der Waals surface area contributed by atoms with Crippen LogP contribution in [0.4, 0.5) is 4.39 Å². The number of rotatable bonds is 5. The molecule has 0 saturated carbocycles. The zero-order valence-electron chi connectivity index (χ0n) is 13.9. The van der Waals surface area contributed by atoms with E-state index in [-0.39, 0.29) is 12.2 Å². The Hall–Kier alpha value is -3.42. The molecule has 1 atom stereocenters. The van der Waals surface area contributed by atoms with Crippen LogP contribution in [0.25, 0.3) is 11.0 Å². The van der Waals surface area contributed by atoms with Crippen LogP contribution in [0.5, 0.6) is 5.75 Å². The molecule has 1 heterocycles. The Morgan fingerprint density at radius 1 is 1.15 bits per heavy atom. The Morgan fingerprint density at radius 3 is 2.69 bits per heavy atom. The van der Waals surface area contributed by atoms with Crippen molar-refractivity contribution in [2.24, 2.45) is 0 Å². The van der Waals surface area contributed by atoms with Crippen molar-refractivity contribution >= 4 is 22.8 Å². The normalized spacial score (nSPS) is 11.8.